The number of thiophene rings is 1. The van der Waals surface area contributed by atoms with Gasteiger partial charge in [-0.25, -0.2) is 8.42 Å². The third-order valence-corrected chi connectivity index (χ3v) is 3.34. The zero-order valence-electron chi connectivity index (χ0n) is 9.57. The van der Waals surface area contributed by atoms with Crippen molar-refractivity contribution in [1.29, 1.82) is 0 Å². The summed E-state index contributed by atoms with van der Waals surface area (Å²) >= 11 is 1.53. The first-order valence-electron chi connectivity index (χ1n) is 5.46. The fourth-order valence-electron chi connectivity index (χ4n) is 1.46. The van der Waals surface area contributed by atoms with Gasteiger partial charge in [-0.15, -0.1) is 11.3 Å². The van der Waals surface area contributed by atoms with Crippen LogP contribution in [0.25, 0.3) is 0 Å². The Bertz CT molecular complexity index is 433. The molecular weight excluding hydrogens is 280 g/mol. The summed E-state index contributed by atoms with van der Waals surface area (Å²) in [4.78, 5) is 0. The van der Waals surface area contributed by atoms with E-state index in [4.69, 9.17) is 14.2 Å². The first kappa shape index (κ1) is 13.6. The number of thiol groups is 1. The Hall–Kier alpha value is -0.830. The van der Waals surface area contributed by atoms with Gasteiger partial charge >= 0.3 is 0 Å². The highest BCUT2D eigenvalue weighted by atomic mass is 32.2. The van der Waals surface area contributed by atoms with Crippen molar-refractivity contribution in [3.63, 3.8) is 0 Å². The van der Waals surface area contributed by atoms with E-state index in [9.17, 15) is 8.42 Å². The number of ether oxygens (including phenoxy) is 3. The molecule has 1 aromatic rings. The summed E-state index contributed by atoms with van der Waals surface area (Å²) in [6.45, 7) is 1.46. The molecule has 0 fully saturated rings. The highest BCUT2D eigenvalue weighted by Gasteiger charge is 2.21. The first-order chi connectivity index (χ1) is 8.75. The maximum atomic E-state index is 10.1. The quantitative estimate of drug-likeness (QED) is 0.593. The number of fused-ring (bicyclic) bond motifs is 1. The fraction of sp³-hybridized carbons (Fsp3) is 0.600. The van der Waals surface area contributed by atoms with Crippen molar-refractivity contribution in [2.45, 2.75) is 12.5 Å². The van der Waals surface area contributed by atoms with Crippen molar-refractivity contribution in [3.8, 4) is 11.5 Å². The van der Waals surface area contributed by atoms with E-state index in [1.165, 1.54) is 11.3 Å². The molecule has 1 atom stereocenters. The third-order valence-electron chi connectivity index (χ3n) is 2.24. The Morgan fingerprint density at radius 2 is 2.17 bits per heavy atom. The molecule has 0 amide bonds. The first-order valence-corrected chi connectivity index (χ1v) is 7.50. The van der Waals surface area contributed by atoms with E-state index in [1.807, 2.05) is 10.8 Å². The highest BCUT2D eigenvalue weighted by molar-refractivity contribution is 7.67. The van der Waals surface area contributed by atoms with Gasteiger partial charge in [0.15, 0.2) is 17.6 Å². The van der Waals surface area contributed by atoms with Crippen LogP contribution < -0.4 is 9.47 Å². The maximum absolute atomic E-state index is 10.1. The molecule has 0 aliphatic carbocycles. The van der Waals surface area contributed by atoms with Gasteiger partial charge < -0.3 is 14.2 Å². The molecule has 0 bridgehead atoms. The lowest BCUT2D eigenvalue weighted by Crippen LogP contribution is -2.33. The molecule has 0 saturated carbocycles. The molecule has 1 unspecified atom stereocenters. The van der Waals surface area contributed by atoms with Crippen LogP contribution in [-0.2, 0) is 19.9 Å². The topological polar surface area (TPSA) is 71.1 Å². The van der Waals surface area contributed by atoms with Gasteiger partial charge in [-0.1, -0.05) is 0 Å². The summed E-state index contributed by atoms with van der Waals surface area (Å²) in [6.07, 6.45) is 0.407. The normalized spacial score (nSPS) is 18.2. The van der Waals surface area contributed by atoms with Gasteiger partial charge in [-0.3, -0.25) is 4.18 Å². The number of rotatable bonds is 7. The van der Waals surface area contributed by atoms with E-state index in [0.717, 1.165) is 11.5 Å². The molecule has 2 rings (SSSR count). The van der Waals surface area contributed by atoms with Crippen LogP contribution in [0.1, 0.15) is 6.42 Å². The lowest BCUT2D eigenvalue weighted by Gasteiger charge is -2.24. The molecule has 0 aromatic carbocycles. The van der Waals surface area contributed by atoms with Crippen molar-refractivity contribution in [3.05, 3.63) is 10.8 Å². The minimum Gasteiger partial charge on any atom is -0.485 e. The predicted octanol–water partition coefficient (Wildman–Crippen LogP) is 0.838. The summed E-state index contributed by atoms with van der Waals surface area (Å²) in [5.74, 6) is 1.54. The average Bonchev–Trinajstić information content (AvgIpc) is 2.80. The molecule has 0 saturated heterocycles. The SMILES string of the molecule is O=[SH](=O)OCCCOCC1COc2cscc2O1. The zero-order chi connectivity index (χ0) is 12.8. The summed E-state index contributed by atoms with van der Waals surface area (Å²) in [5, 5.41) is 3.79. The molecule has 0 spiro atoms. The van der Waals surface area contributed by atoms with Crippen LogP contribution in [0.2, 0.25) is 0 Å². The molecular formula is C10H14O6S2. The van der Waals surface area contributed by atoms with Crippen LogP contribution in [0.3, 0.4) is 0 Å². The second kappa shape index (κ2) is 6.93. The minimum absolute atomic E-state index is 0.121. The summed E-state index contributed by atoms with van der Waals surface area (Å²) < 4.78 is 41.1. The van der Waals surface area contributed by atoms with Gasteiger partial charge in [-0.05, 0) is 6.42 Å². The average molecular weight is 294 g/mol. The highest BCUT2D eigenvalue weighted by Crippen LogP contribution is 2.35. The molecule has 2 heterocycles. The zero-order valence-corrected chi connectivity index (χ0v) is 11.3. The van der Waals surface area contributed by atoms with Crippen LogP contribution in [-0.4, -0.2) is 40.9 Å². The van der Waals surface area contributed by atoms with Crippen LogP contribution in [0.4, 0.5) is 0 Å². The standard InChI is InChI=1S/C10H14O6S2/c11-18(12)15-3-1-2-13-4-8-5-14-9-6-17-7-10(9)16-8/h6-8,18H,1-5H2. The van der Waals surface area contributed by atoms with Gasteiger partial charge in [0, 0.05) is 17.4 Å². The van der Waals surface area contributed by atoms with Gasteiger partial charge in [0.1, 0.15) is 6.61 Å². The molecule has 1 aromatic heterocycles. The van der Waals surface area contributed by atoms with Crippen molar-refractivity contribution in [2.75, 3.05) is 26.4 Å². The summed E-state index contributed by atoms with van der Waals surface area (Å²) in [5.41, 5.74) is 0. The smallest absolute Gasteiger partial charge is 0.257 e. The Morgan fingerprint density at radius 3 is 3.00 bits per heavy atom. The molecule has 6 nitrogen and oxygen atoms in total. The van der Waals surface area contributed by atoms with Gasteiger partial charge in [0.2, 0.25) is 0 Å². The molecule has 8 heteroatoms. The van der Waals surface area contributed by atoms with Gasteiger partial charge in [0.05, 0.1) is 13.2 Å². The molecule has 1 aliphatic rings. The van der Waals surface area contributed by atoms with E-state index >= 15 is 0 Å². The third kappa shape index (κ3) is 4.13. The van der Waals surface area contributed by atoms with E-state index < -0.39 is 11.0 Å². The molecule has 102 valence electrons. The summed E-state index contributed by atoms with van der Waals surface area (Å²) in [6, 6.07) is 0. The number of hydrogen-bond donors (Lipinski definition) is 1. The van der Waals surface area contributed by atoms with E-state index in [1.54, 1.807) is 0 Å². The monoisotopic (exact) mass is 294 g/mol. The van der Waals surface area contributed by atoms with Gasteiger partial charge in [0.25, 0.3) is 11.0 Å². The Kier molecular flexibility index (Phi) is 5.24. The van der Waals surface area contributed by atoms with E-state index in [0.29, 0.717) is 26.2 Å². The lowest BCUT2D eigenvalue weighted by molar-refractivity contribution is 0.00694. The molecule has 18 heavy (non-hydrogen) atoms. The van der Waals surface area contributed by atoms with Gasteiger partial charge in [-0.2, -0.15) is 0 Å². The molecule has 1 aliphatic heterocycles. The maximum Gasteiger partial charge on any atom is 0.257 e. The van der Waals surface area contributed by atoms with Crippen molar-refractivity contribution in [1.82, 2.24) is 0 Å². The van der Waals surface area contributed by atoms with Crippen molar-refractivity contribution in [2.24, 2.45) is 0 Å². The minimum atomic E-state index is -2.76. The van der Waals surface area contributed by atoms with Crippen LogP contribution >= 0.6 is 11.3 Å². The predicted molar refractivity (Wildman–Crippen MR) is 65.9 cm³/mol. The largest absolute Gasteiger partial charge is 0.485 e. The second-order valence-corrected chi connectivity index (χ2v) is 5.09. The van der Waals surface area contributed by atoms with Crippen molar-refractivity contribution >= 4 is 22.3 Å². The Morgan fingerprint density at radius 1 is 1.33 bits per heavy atom. The Balaban J connectivity index is 1.58. The number of hydrogen-bond acceptors (Lipinski definition) is 7. The molecule has 0 radical (unpaired) electrons. The van der Waals surface area contributed by atoms with E-state index in [-0.39, 0.29) is 12.7 Å². The fourth-order valence-corrected chi connectivity index (χ4v) is 2.41. The second-order valence-electron chi connectivity index (χ2n) is 3.64. The Labute approximate surface area is 111 Å². The summed E-state index contributed by atoms with van der Waals surface area (Å²) in [7, 11) is -2.76. The van der Waals surface area contributed by atoms with Crippen LogP contribution in [0.5, 0.6) is 11.5 Å². The lowest BCUT2D eigenvalue weighted by atomic mass is 10.3. The van der Waals surface area contributed by atoms with Crippen molar-refractivity contribution < 1.29 is 26.8 Å². The van der Waals surface area contributed by atoms with Crippen LogP contribution in [0.15, 0.2) is 10.8 Å². The molecule has 0 N–H and O–H groups in total. The van der Waals surface area contributed by atoms with Crippen LogP contribution in [0, 0.1) is 0 Å². The van der Waals surface area contributed by atoms with E-state index in [2.05, 4.69) is 4.18 Å².